The quantitative estimate of drug-likeness (QED) is 0.895. The van der Waals surface area contributed by atoms with Crippen molar-refractivity contribution in [3.63, 3.8) is 0 Å². The molecule has 1 aromatic carbocycles. The van der Waals surface area contributed by atoms with Crippen LogP contribution in [-0.4, -0.2) is 36.6 Å². The van der Waals surface area contributed by atoms with E-state index in [1.807, 2.05) is 0 Å². The lowest BCUT2D eigenvalue weighted by atomic mass is 9.91. The molecular weight excluding hydrogens is 232 g/mol. The zero-order chi connectivity index (χ0) is 13.9. The lowest BCUT2D eigenvalue weighted by molar-refractivity contribution is 0.0959. The van der Waals surface area contributed by atoms with Gasteiger partial charge in [-0.2, -0.15) is 0 Å². The van der Waals surface area contributed by atoms with Gasteiger partial charge in [0.25, 0.3) is 0 Å². The number of aryl methyl sites for hydroxylation is 3. The maximum absolute atomic E-state index is 3.43. The predicted octanol–water partition coefficient (Wildman–Crippen LogP) is 2.92. The van der Waals surface area contributed by atoms with Gasteiger partial charge in [0.1, 0.15) is 0 Å². The third kappa shape index (κ3) is 3.80. The Bertz CT molecular complexity index is 417. The Morgan fingerprint density at radius 1 is 1.16 bits per heavy atom. The highest BCUT2D eigenvalue weighted by molar-refractivity contribution is 5.30. The summed E-state index contributed by atoms with van der Waals surface area (Å²) < 4.78 is 0. The van der Waals surface area contributed by atoms with Crippen LogP contribution >= 0.6 is 0 Å². The Morgan fingerprint density at radius 2 is 1.84 bits per heavy atom. The topological polar surface area (TPSA) is 15.3 Å². The summed E-state index contributed by atoms with van der Waals surface area (Å²) >= 11 is 0. The highest BCUT2D eigenvalue weighted by atomic mass is 15.2. The van der Waals surface area contributed by atoms with E-state index in [4.69, 9.17) is 0 Å². The second kappa shape index (κ2) is 6.06. The maximum Gasteiger partial charge on any atom is 0.0157 e. The number of nitrogens with one attached hydrogen (secondary N) is 1. The van der Waals surface area contributed by atoms with Crippen molar-refractivity contribution in [2.45, 2.75) is 46.1 Å². The van der Waals surface area contributed by atoms with Crippen LogP contribution in [0.3, 0.4) is 0 Å². The molecule has 0 bridgehead atoms. The number of piperazine rings is 1. The molecule has 1 N–H and O–H groups in total. The second-order valence-electron chi connectivity index (χ2n) is 6.48. The lowest BCUT2D eigenvalue weighted by Gasteiger charge is -2.41. The molecule has 1 saturated heterocycles. The van der Waals surface area contributed by atoms with Gasteiger partial charge in [-0.05, 0) is 51.7 Å². The van der Waals surface area contributed by atoms with Crippen molar-refractivity contribution in [2.24, 2.45) is 0 Å². The number of nitrogens with zero attached hydrogens (tertiary/aromatic N) is 1. The molecule has 1 aliphatic rings. The van der Waals surface area contributed by atoms with Gasteiger partial charge in [0.05, 0.1) is 0 Å². The van der Waals surface area contributed by atoms with Gasteiger partial charge in [0.15, 0.2) is 0 Å². The molecule has 0 spiro atoms. The van der Waals surface area contributed by atoms with Gasteiger partial charge in [-0.15, -0.1) is 0 Å². The van der Waals surface area contributed by atoms with E-state index in [1.165, 1.54) is 42.6 Å². The number of hydrogen-bond donors (Lipinski definition) is 1. The second-order valence-corrected chi connectivity index (χ2v) is 6.48. The first-order chi connectivity index (χ1) is 8.99. The Morgan fingerprint density at radius 3 is 2.47 bits per heavy atom. The Labute approximate surface area is 118 Å². The van der Waals surface area contributed by atoms with Crippen molar-refractivity contribution in [3.8, 4) is 0 Å². The predicted molar refractivity (Wildman–Crippen MR) is 82.8 cm³/mol. The van der Waals surface area contributed by atoms with Gasteiger partial charge >= 0.3 is 0 Å². The highest BCUT2D eigenvalue weighted by Crippen LogP contribution is 2.23. The summed E-state index contributed by atoms with van der Waals surface area (Å²) in [6.45, 7) is 13.8. The van der Waals surface area contributed by atoms with Crippen LogP contribution in [0.1, 0.15) is 37.0 Å². The van der Waals surface area contributed by atoms with Gasteiger partial charge in [0, 0.05) is 31.7 Å². The molecular formula is C17H28N2. The summed E-state index contributed by atoms with van der Waals surface area (Å²) in [5, 5.41) is 3.43. The first-order valence-corrected chi connectivity index (χ1v) is 7.51. The molecule has 1 aromatic rings. The van der Waals surface area contributed by atoms with Gasteiger partial charge < -0.3 is 5.32 Å². The summed E-state index contributed by atoms with van der Waals surface area (Å²) in [7, 11) is 0. The molecule has 0 saturated carbocycles. The highest BCUT2D eigenvalue weighted by Gasteiger charge is 2.27. The summed E-state index contributed by atoms with van der Waals surface area (Å²) in [5.41, 5.74) is 4.62. The van der Waals surface area contributed by atoms with Crippen LogP contribution < -0.4 is 5.32 Å². The lowest BCUT2D eigenvalue weighted by Crippen LogP contribution is -2.53. The van der Waals surface area contributed by atoms with Gasteiger partial charge in [-0.25, -0.2) is 0 Å². The molecule has 0 aliphatic carbocycles. The van der Waals surface area contributed by atoms with Crippen molar-refractivity contribution in [1.29, 1.82) is 0 Å². The van der Waals surface area contributed by atoms with E-state index in [-0.39, 0.29) is 0 Å². The molecule has 2 nitrogen and oxygen atoms in total. The molecule has 0 aromatic heterocycles. The largest absolute Gasteiger partial charge is 0.314 e. The zero-order valence-electron chi connectivity index (χ0n) is 12.9. The van der Waals surface area contributed by atoms with Crippen molar-refractivity contribution in [3.05, 3.63) is 34.9 Å². The minimum atomic E-state index is 0.305. The third-order valence-corrected chi connectivity index (χ3v) is 4.48. The maximum atomic E-state index is 3.43. The van der Waals surface area contributed by atoms with E-state index in [1.54, 1.807) is 0 Å². The zero-order valence-corrected chi connectivity index (χ0v) is 12.9. The van der Waals surface area contributed by atoms with Crippen LogP contribution in [0.5, 0.6) is 0 Å². The van der Waals surface area contributed by atoms with Crippen LogP contribution in [0.4, 0.5) is 0 Å². The molecule has 106 valence electrons. The minimum Gasteiger partial charge on any atom is -0.314 e. The summed E-state index contributed by atoms with van der Waals surface area (Å²) in [5.74, 6) is 0. The SMILES string of the molecule is Cc1ccc(CCC(C)(C)N2CCNCC2)c(C)c1. The van der Waals surface area contributed by atoms with Crippen LogP contribution in [-0.2, 0) is 6.42 Å². The van der Waals surface area contributed by atoms with E-state index in [0.29, 0.717) is 5.54 Å². The average molecular weight is 260 g/mol. The van der Waals surface area contributed by atoms with Crippen LogP contribution in [0, 0.1) is 13.8 Å². The third-order valence-electron chi connectivity index (χ3n) is 4.48. The molecule has 0 radical (unpaired) electrons. The van der Waals surface area contributed by atoms with Gasteiger partial charge in [-0.1, -0.05) is 23.8 Å². The van der Waals surface area contributed by atoms with Gasteiger partial charge in [0.2, 0.25) is 0 Å². The van der Waals surface area contributed by atoms with E-state index in [2.05, 4.69) is 56.1 Å². The van der Waals surface area contributed by atoms with Crippen LogP contribution in [0.15, 0.2) is 18.2 Å². The smallest absolute Gasteiger partial charge is 0.0157 e. The number of hydrogen-bond acceptors (Lipinski definition) is 2. The van der Waals surface area contributed by atoms with E-state index in [9.17, 15) is 0 Å². The fourth-order valence-corrected chi connectivity index (χ4v) is 3.00. The fraction of sp³-hybridized carbons (Fsp3) is 0.647. The standard InChI is InChI=1S/C17H28N2/c1-14-5-6-16(15(2)13-14)7-8-17(3,4)19-11-9-18-10-12-19/h5-6,13,18H,7-12H2,1-4H3. The Hall–Kier alpha value is -0.860. The molecule has 1 fully saturated rings. The normalized spacial score (nSPS) is 17.7. The number of benzene rings is 1. The molecule has 2 rings (SSSR count). The van der Waals surface area contributed by atoms with Crippen molar-refractivity contribution < 1.29 is 0 Å². The van der Waals surface area contributed by atoms with E-state index >= 15 is 0 Å². The Kier molecular flexibility index (Phi) is 4.64. The minimum absolute atomic E-state index is 0.305. The molecule has 19 heavy (non-hydrogen) atoms. The summed E-state index contributed by atoms with van der Waals surface area (Å²) in [6, 6.07) is 6.84. The average Bonchev–Trinajstić information content (AvgIpc) is 2.39. The fourth-order valence-electron chi connectivity index (χ4n) is 3.00. The number of rotatable bonds is 4. The molecule has 2 heteroatoms. The monoisotopic (exact) mass is 260 g/mol. The Balaban J connectivity index is 1.96. The van der Waals surface area contributed by atoms with Crippen molar-refractivity contribution in [1.82, 2.24) is 10.2 Å². The molecule has 0 amide bonds. The van der Waals surface area contributed by atoms with E-state index in [0.717, 1.165) is 13.1 Å². The summed E-state index contributed by atoms with van der Waals surface area (Å²) in [4.78, 5) is 2.63. The van der Waals surface area contributed by atoms with Crippen molar-refractivity contribution >= 4 is 0 Å². The first-order valence-electron chi connectivity index (χ1n) is 7.51. The molecule has 0 unspecified atom stereocenters. The molecule has 1 heterocycles. The van der Waals surface area contributed by atoms with Crippen LogP contribution in [0.25, 0.3) is 0 Å². The molecule has 0 atom stereocenters. The molecule has 1 aliphatic heterocycles. The summed E-state index contributed by atoms with van der Waals surface area (Å²) in [6.07, 6.45) is 2.42. The van der Waals surface area contributed by atoms with Crippen molar-refractivity contribution in [2.75, 3.05) is 26.2 Å². The van der Waals surface area contributed by atoms with E-state index < -0.39 is 0 Å². The van der Waals surface area contributed by atoms with Gasteiger partial charge in [-0.3, -0.25) is 4.90 Å². The first kappa shape index (κ1) is 14.5. The van der Waals surface area contributed by atoms with Crippen LogP contribution in [0.2, 0.25) is 0 Å².